The van der Waals surface area contributed by atoms with Crippen LogP contribution in [-0.2, 0) is 13.1 Å². The van der Waals surface area contributed by atoms with E-state index >= 15 is 0 Å². The van der Waals surface area contributed by atoms with E-state index in [2.05, 4.69) is 63.6 Å². The number of hydrogen-bond acceptors (Lipinski definition) is 5. The van der Waals surface area contributed by atoms with Crippen LogP contribution in [0.5, 0.6) is 5.75 Å². The maximum absolute atomic E-state index is 12.5. The third kappa shape index (κ3) is 5.70. The van der Waals surface area contributed by atoms with Crippen LogP contribution in [0.2, 0.25) is 0 Å². The Labute approximate surface area is 210 Å². The highest BCUT2D eigenvalue weighted by Gasteiger charge is 2.13. The third-order valence-electron chi connectivity index (χ3n) is 5.98. The zero-order valence-corrected chi connectivity index (χ0v) is 20.5. The van der Waals surface area contributed by atoms with Crippen molar-refractivity contribution in [3.05, 3.63) is 108 Å². The molecule has 0 bridgehead atoms. The first-order valence-electron chi connectivity index (χ1n) is 12.0. The van der Waals surface area contributed by atoms with Gasteiger partial charge in [0.15, 0.2) is 0 Å². The van der Waals surface area contributed by atoms with Crippen LogP contribution in [0.4, 0.5) is 0 Å². The van der Waals surface area contributed by atoms with Crippen LogP contribution in [-0.4, -0.2) is 44.9 Å². The number of fused-ring (bicyclic) bond motifs is 2. The average molecular weight is 480 g/mol. The van der Waals surface area contributed by atoms with Gasteiger partial charge in [-0.3, -0.25) is 14.7 Å². The number of imidazole rings is 1. The minimum Gasteiger partial charge on any atom is -0.489 e. The second-order valence-electron chi connectivity index (χ2n) is 9.08. The smallest absolute Gasteiger partial charge is 0.271 e. The van der Waals surface area contributed by atoms with Gasteiger partial charge in [0.1, 0.15) is 23.2 Å². The van der Waals surface area contributed by atoms with Gasteiger partial charge in [-0.05, 0) is 67.6 Å². The molecule has 5 rings (SSSR count). The van der Waals surface area contributed by atoms with Crippen molar-refractivity contribution in [2.75, 3.05) is 13.6 Å². The summed E-state index contributed by atoms with van der Waals surface area (Å²) in [7, 11) is 2.12. The molecule has 0 aliphatic carbocycles. The van der Waals surface area contributed by atoms with Crippen molar-refractivity contribution in [3.8, 4) is 5.75 Å². The Bertz CT molecular complexity index is 1450. The predicted octanol–water partition coefficient (Wildman–Crippen LogP) is 4.71. The van der Waals surface area contributed by atoms with Gasteiger partial charge in [-0.1, -0.05) is 30.3 Å². The molecular weight excluding hydrogens is 450 g/mol. The number of nitrogens with one attached hydrogen (secondary N) is 1. The second-order valence-corrected chi connectivity index (χ2v) is 9.08. The third-order valence-corrected chi connectivity index (χ3v) is 5.98. The normalized spacial score (nSPS) is 12.2. The SMILES string of the molecule is CC(CNC(=O)c1cn2ccccc2n1)Oc1ccc(CN(C)Cc2ccc3ncccc3c2)cc1. The van der Waals surface area contributed by atoms with Gasteiger partial charge >= 0.3 is 0 Å². The zero-order chi connectivity index (χ0) is 24.9. The van der Waals surface area contributed by atoms with Gasteiger partial charge in [-0.2, -0.15) is 0 Å². The Hall–Kier alpha value is -4.23. The first kappa shape index (κ1) is 23.5. The maximum Gasteiger partial charge on any atom is 0.271 e. The molecule has 7 nitrogen and oxygen atoms in total. The molecule has 0 spiro atoms. The molecule has 3 heterocycles. The second kappa shape index (κ2) is 10.6. The van der Waals surface area contributed by atoms with Crippen molar-refractivity contribution in [1.82, 2.24) is 24.6 Å². The summed E-state index contributed by atoms with van der Waals surface area (Å²) in [4.78, 5) is 23.5. The van der Waals surface area contributed by atoms with E-state index in [9.17, 15) is 4.79 Å². The highest BCUT2D eigenvalue weighted by molar-refractivity contribution is 5.92. The van der Waals surface area contributed by atoms with E-state index < -0.39 is 0 Å². The lowest BCUT2D eigenvalue weighted by Gasteiger charge is -2.18. The van der Waals surface area contributed by atoms with Crippen LogP contribution in [0, 0.1) is 0 Å². The fraction of sp³-hybridized carbons (Fsp3) is 0.207. The first-order chi connectivity index (χ1) is 17.5. The molecular formula is C29H29N5O2. The van der Waals surface area contributed by atoms with E-state index in [0.29, 0.717) is 12.2 Å². The molecule has 2 aromatic carbocycles. The number of pyridine rings is 2. The predicted molar refractivity (Wildman–Crippen MR) is 141 cm³/mol. The highest BCUT2D eigenvalue weighted by atomic mass is 16.5. The summed E-state index contributed by atoms with van der Waals surface area (Å²) in [6.07, 6.45) is 5.24. The van der Waals surface area contributed by atoms with Crippen LogP contribution < -0.4 is 10.1 Å². The summed E-state index contributed by atoms with van der Waals surface area (Å²) in [6.45, 7) is 4.01. The molecule has 0 fully saturated rings. The number of rotatable bonds is 9. The molecule has 0 saturated carbocycles. The maximum atomic E-state index is 12.5. The van der Waals surface area contributed by atoms with E-state index in [0.717, 1.165) is 35.4 Å². The number of nitrogens with zero attached hydrogens (tertiary/aromatic N) is 4. The van der Waals surface area contributed by atoms with Gasteiger partial charge in [0.2, 0.25) is 0 Å². The van der Waals surface area contributed by atoms with Crippen LogP contribution in [0.3, 0.4) is 0 Å². The number of hydrogen-bond donors (Lipinski definition) is 1. The van der Waals surface area contributed by atoms with Crippen LogP contribution in [0.1, 0.15) is 28.5 Å². The van der Waals surface area contributed by atoms with Crippen molar-refractivity contribution in [2.24, 2.45) is 0 Å². The molecule has 1 atom stereocenters. The summed E-state index contributed by atoms with van der Waals surface area (Å²) >= 11 is 0. The minimum atomic E-state index is -0.213. The fourth-order valence-corrected chi connectivity index (χ4v) is 4.22. The van der Waals surface area contributed by atoms with E-state index in [1.54, 1.807) is 6.20 Å². The summed E-state index contributed by atoms with van der Waals surface area (Å²) in [5, 5.41) is 4.06. The van der Waals surface area contributed by atoms with Gasteiger partial charge in [0.05, 0.1) is 12.1 Å². The van der Waals surface area contributed by atoms with Crippen LogP contribution in [0.25, 0.3) is 16.6 Å². The summed E-state index contributed by atoms with van der Waals surface area (Å²) in [6, 6.07) is 24.3. The molecule has 36 heavy (non-hydrogen) atoms. The van der Waals surface area contributed by atoms with Crippen molar-refractivity contribution in [3.63, 3.8) is 0 Å². The number of benzene rings is 2. The van der Waals surface area contributed by atoms with Crippen LogP contribution in [0.15, 0.2) is 91.4 Å². The lowest BCUT2D eigenvalue weighted by Crippen LogP contribution is -2.33. The summed E-state index contributed by atoms with van der Waals surface area (Å²) in [5.74, 6) is 0.563. The largest absolute Gasteiger partial charge is 0.489 e. The van der Waals surface area contributed by atoms with E-state index in [-0.39, 0.29) is 12.0 Å². The molecule has 0 aliphatic rings. The van der Waals surface area contributed by atoms with Crippen molar-refractivity contribution < 1.29 is 9.53 Å². The van der Waals surface area contributed by atoms with Crippen molar-refractivity contribution in [1.29, 1.82) is 0 Å². The van der Waals surface area contributed by atoms with Crippen molar-refractivity contribution >= 4 is 22.5 Å². The molecule has 5 aromatic rings. The van der Waals surface area contributed by atoms with Gasteiger partial charge in [-0.25, -0.2) is 4.98 Å². The van der Waals surface area contributed by atoms with E-state index in [4.69, 9.17) is 4.74 Å². The summed E-state index contributed by atoms with van der Waals surface area (Å²) < 4.78 is 7.82. The molecule has 0 radical (unpaired) electrons. The van der Waals surface area contributed by atoms with Crippen LogP contribution >= 0.6 is 0 Å². The Kier molecular flexibility index (Phi) is 6.91. The molecule has 1 N–H and O–H groups in total. The van der Waals surface area contributed by atoms with Gasteiger partial charge < -0.3 is 14.5 Å². The molecule has 3 aromatic heterocycles. The topological polar surface area (TPSA) is 71.8 Å². The molecule has 1 amide bonds. The average Bonchev–Trinajstić information content (AvgIpc) is 3.33. The molecule has 7 heteroatoms. The number of carbonyl (C=O) groups is 1. The Morgan fingerprint density at radius 2 is 1.83 bits per heavy atom. The monoisotopic (exact) mass is 479 g/mol. The summed E-state index contributed by atoms with van der Waals surface area (Å²) in [5.41, 5.74) is 4.62. The quantitative estimate of drug-likeness (QED) is 0.331. The van der Waals surface area contributed by atoms with E-state index in [1.807, 2.05) is 60.1 Å². The zero-order valence-electron chi connectivity index (χ0n) is 20.5. The lowest BCUT2D eigenvalue weighted by molar-refractivity contribution is 0.0928. The highest BCUT2D eigenvalue weighted by Crippen LogP contribution is 2.18. The fourth-order valence-electron chi connectivity index (χ4n) is 4.22. The Morgan fingerprint density at radius 1 is 1.03 bits per heavy atom. The number of aromatic nitrogens is 3. The minimum absolute atomic E-state index is 0.179. The Balaban J connectivity index is 1.10. The molecule has 1 unspecified atom stereocenters. The lowest BCUT2D eigenvalue weighted by atomic mass is 10.1. The number of ether oxygens (including phenoxy) is 1. The van der Waals surface area contributed by atoms with Gasteiger partial charge in [0, 0.05) is 37.1 Å². The Morgan fingerprint density at radius 3 is 2.67 bits per heavy atom. The van der Waals surface area contributed by atoms with Crippen molar-refractivity contribution in [2.45, 2.75) is 26.1 Å². The van der Waals surface area contributed by atoms with Gasteiger partial charge in [-0.15, -0.1) is 0 Å². The van der Waals surface area contributed by atoms with E-state index in [1.165, 1.54) is 11.1 Å². The standard InChI is InChI=1S/C29H29N5O2/c1-21(17-31-29(35)27-20-34-15-4-3-7-28(34)32-27)36-25-11-8-22(9-12-25)18-33(2)19-23-10-13-26-24(16-23)6-5-14-30-26/h3-16,20-21H,17-19H2,1-2H3,(H,31,35). The first-order valence-corrected chi connectivity index (χ1v) is 12.0. The number of amides is 1. The number of carbonyl (C=O) groups excluding carboxylic acids is 1. The molecule has 0 aliphatic heterocycles. The molecule has 0 saturated heterocycles. The molecule has 182 valence electrons. The van der Waals surface area contributed by atoms with Gasteiger partial charge in [0.25, 0.3) is 5.91 Å².